The largest absolute Gasteiger partial charge is 0.454 e. The van der Waals surface area contributed by atoms with Crippen molar-refractivity contribution in [2.24, 2.45) is 29.1 Å². The normalized spacial score (nSPS) is 31.0. The molecule has 0 unspecified atom stereocenters. The molecule has 0 atom stereocenters. The molecule has 0 spiro atoms. The summed E-state index contributed by atoms with van der Waals surface area (Å²) < 4.78 is 4.94. The van der Waals surface area contributed by atoms with Gasteiger partial charge < -0.3 is 15.4 Å². The number of amides is 2. The van der Waals surface area contributed by atoms with Gasteiger partial charge in [-0.25, -0.2) is 0 Å². The molecule has 4 bridgehead atoms. The number of carbonyl (C=O) groups excluding carboxylic acids is 3. The summed E-state index contributed by atoms with van der Waals surface area (Å²) in [4.78, 5) is 35.8. The molecule has 0 aromatic heterocycles. The number of carbonyl (C=O) groups is 3. The standard InChI is InChI=1S/C21H34N2O4/c1-14(2)3-4-22-19(25)13-27-20(26)12-23-18(24)11-21-8-15-5-16(9-21)7-17(6-15)10-21/h14-17H,3-13H2,1-2H3,(H,22,25)(H,23,24). The van der Waals surface area contributed by atoms with E-state index in [0.717, 1.165) is 24.2 Å². The Morgan fingerprint density at radius 1 is 0.963 bits per heavy atom. The van der Waals surface area contributed by atoms with Crippen molar-refractivity contribution in [3.63, 3.8) is 0 Å². The van der Waals surface area contributed by atoms with Crippen molar-refractivity contribution >= 4 is 17.8 Å². The summed E-state index contributed by atoms with van der Waals surface area (Å²) >= 11 is 0. The minimum Gasteiger partial charge on any atom is -0.454 e. The molecule has 2 amide bonds. The van der Waals surface area contributed by atoms with Gasteiger partial charge in [-0.05, 0) is 74.0 Å². The Labute approximate surface area is 162 Å². The van der Waals surface area contributed by atoms with Crippen molar-refractivity contribution in [3.8, 4) is 0 Å². The first-order valence-electron chi connectivity index (χ1n) is 10.5. The molecule has 0 aromatic rings. The van der Waals surface area contributed by atoms with Gasteiger partial charge in [0.05, 0.1) is 0 Å². The van der Waals surface area contributed by atoms with Gasteiger partial charge in [0, 0.05) is 13.0 Å². The molecule has 2 N–H and O–H groups in total. The van der Waals surface area contributed by atoms with Gasteiger partial charge in [0.1, 0.15) is 6.54 Å². The molecular formula is C21H34N2O4. The summed E-state index contributed by atoms with van der Waals surface area (Å²) in [5.74, 6) is 2.01. The summed E-state index contributed by atoms with van der Waals surface area (Å²) in [6.45, 7) is 4.29. The lowest BCUT2D eigenvalue weighted by molar-refractivity contribution is -0.148. The average molecular weight is 379 g/mol. The van der Waals surface area contributed by atoms with E-state index in [0.29, 0.717) is 18.9 Å². The molecule has 4 saturated carbocycles. The Morgan fingerprint density at radius 3 is 2.11 bits per heavy atom. The van der Waals surface area contributed by atoms with Crippen LogP contribution in [0.5, 0.6) is 0 Å². The number of esters is 1. The van der Waals surface area contributed by atoms with Gasteiger partial charge in [-0.1, -0.05) is 13.8 Å². The van der Waals surface area contributed by atoms with Crippen LogP contribution in [0.4, 0.5) is 0 Å². The van der Waals surface area contributed by atoms with Crippen molar-refractivity contribution < 1.29 is 19.1 Å². The van der Waals surface area contributed by atoms with Crippen LogP contribution in [0.1, 0.15) is 65.2 Å². The van der Waals surface area contributed by atoms with E-state index >= 15 is 0 Å². The number of hydrogen-bond donors (Lipinski definition) is 2. The molecule has 4 aliphatic carbocycles. The van der Waals surface area contributed by atoms with E-state index in [9.17, 15) is 14.4 Å². The molecular weight excluding hydrogens is 344 g/mol. The molecule has 4 rings (SSSR count). The van der Waals surface area contributed by atoms with Crippen LogP contribution in [0.25, 0.3) is 0 Å². The molecule has 6 heteroatoms. The van der Waals surface area contributed by atoms with Gasteiger partial charge >= 0.3 is 5.97 Å². The van der Waals surface area contributed by atoms with E-state index in [1.807, 2.05) is 0 Å². The van der Waals surface area contributed by atoms with Gasteiger partial charge in [0.25, 0.3) is 5.91 Å². The lowest BCUT2D eigenvalue weighted by Gasteiger charge is -2.56. The van der Waals surface area contributed by atoms with E-state index in [2.05, 4.69) is 24.5 Å². The number of ether oxygens (including phenoxy) is 1. The predicted molar refractivity (Wildman–Crippen MR) is 102 cm³/mol. The van der Waals surface area contributed by atoms with Crippen molar-refractivity contribution in [3.05, 3.63) is 0 Å². The lowest BCUT2D eigenvalue weighted by atomic mass is 9.49. The monoisotopic (exact) mass is 378 g/mol. The zero-order chi connectivity index (χ0) is 19.4. The molecule has 4 aliphatic rings. The summed E-state index contributed by atoms with van der Waals surface area (Å²) in [5.41, 5.74) is 0.166. The van der Waals surface area contributed by atoms with Gasteiger partial charge in [-0.3, -0.25) is 14.4 Å². The number of hydrogen-bond acceptors (Lipinski definition) is 4. The zero-order valence-electron chi connectivity index (χ0n) is 16.7. The zero-order valence-corrected chi connectivity index (χ0v) is 16.7. The highest BCUT2D eigenvalue weighted by atomic mass is 16.5. The fraction of sp³-hybridized carbons (Fsp3) is 0.857. The first kappa shape index (κ1) is 20.2. The Morgan fingerprint density at radius 2 is 1.56 bits per heavy atom. The molecule has 0 aliphatic heterocycles. The van der Waals surface area contributed by atoms with Crippen molar-refractivity contribution in [2.45, 2.75) is 65.2 Å². The summed E-state index contributed by atoms with van der Waals surface area (Å²) in [6.07, 6.45) is 9.00. The SMILES string of the molecule is CC(C)CCNC(=O)COC(=O)CNC(=O)CC12CC3CC(CC(C3)C1)C2. The molecule has 0 heterocycles. The Kier molecular flexibility index (Phi) is 6.43. The molecule has 6 nitrogen and oxygen atoms in total. The van der Waals surface area contributed by atoms with Crippen LogP contribution >= 0.6 is 0 Å². The third kappa shape index (κ3) is 5.69. The average Bonchev–Trinajstić information content (AvgIpc) is 2.56. The van der Waals surface area contributed by atoms with Gasteiger partial charge in [-0.15, -0.1) is 0 Å². The van der Waals surface area contributed by atoms with Crippen LogP contribution in [0.2, 0.25) is 0 Å². The maximum absolute atomic E-state index is 12.4. The minimum atomic E-state index is -0.562. The van der Waals surface area contributed by atoms with E-state index in [-0.39, 0.29) is 30.4 Å². The molecule has 152 valence electrons. The Bertz CT molecular complexity index is 537. The highest BCUT2D eigenvalue weighted by Crippen LogP contribution is 2.61. The van der Waals surface area contributed by atoms with Crippen LogP contribution < -0.4 is 10.6 Å². The molecule has 0 radical (unpaired) electrons. The van der Waals surface area contributed by atoms with Crippen LogP contribution in [-0.2, 0) is 19.1 Å². The summed E-state index contributed by atoms with van der Waals surface area (Å²) in [6, 6.07) is 0. The quantitative estimate of drug-likeness (QED) is 0.604. The third-order valence-electron chi connectivity index (χ3n) is 6.54. The first-order valence-corrected chi connectivity index (χ1v) is 10.5. The second kappa shape index (κ2) is 8.61. The van der Waals surface area contributed by atoms with Crippen molar-refractivity contribution in [1.82, 2.24) is 10.6 Å². The first-order chi connectivity index (χ1) is 12.8. The summed E-state index contributed by atoms with van der Waals surface area (Å²) in [7, 11) is 0. The second-order valence-electron chi connectivity index (χ2n) is 9.56. The van der Waals surface area contributed by atoms with Crippen molar-refractivity contribution in [1.29, 1.82) is 0 Å². The lowest BCUT2D eigenvalue weighted by Crippen LogP contribution is -2.48. The fourth-order valence-corrected chi connectivity index (χ4v) is 5.83. The smallest absolute Gasteiger partial charge is 0.325 e. The van der Waals surface area contributed by atoms with E-state index < -0.39 is 5.97 Å². The van der Waals surface area contributed by atoms with E-state index in [1.54, 1.807) is 0 Å². The van der Waals surface area contributed by atoms with Crippen LogP contribution in [0, 0.1) is 29.1 Å². The Hall–Kier alpha value is -1.59. The maximum Gasteiger partial charge on any atom is 0.325 e. The molecule has 0 aromatic carbocycles. The van der Waals surface area contributed by atoms with Crippen molar-refractivity contribution in [2.75, 3.05) is 19.7 Å². The highest BCUT2D eigenvalue weighted by molar-refractivity contribution is 5.84. The van der Waals surface area contributed by atoms with Crippen LogP contribution in [0.15, 0.2) is 0 Å². The Balaban J connectivity index is 1.32. The van der Waals surface area contributed by atoms with E-state index in [1.165, 1.54) is 38.5 Å². The fourth-order valence-electron chi connectivity index (χ4n) is 5.83. The maximum atomic E-state index is 12.4. The highest BCUT2D eigenvalue weighted by Gasteiger charge is 2.51. The van der Waals surface area contributed by atoms with Crippen LogP contribution in [0.3, 0.4) is 0 Å². The topological polar surface area (TPSA) is 84.5 Å². The molecule has 27 heavy (non-hydrogen) atoms. The van der Waals surface area contributed by atoms with E-state index in [4.69, 9.17) is 4.74 Å². The second-order valence-corrected chi connectivity index (χ2v) is 9.56. The molecule has 0 saturated heterocycles. The summed E-state index contributed by atoms with van der Waals surface area (Å²) in [5, 5.41) is 5.41. The molecule has 4 fully saturated rings. The van der Waals surface area contributed by atoms with Crippen LogP contribution in [-0.4, -0.2) is 37.5 Å². The van der Waals surface area contributed by atoms with Gasteiger partial charge in [0.15, 0.2) is 6.61 Å². The minimum absolute atomic E-state index is 0.0599. The van der Waals surface area contributed by atoms with Gasteiger partial charge in [-0.2, -0.15) is 0 Å². The number of nitrogens with one attached hydrogen (secondary N) is 2. The number of rotatable bonds is 9. The van der Waals surface area contributed by atoms with Gasteiger partial charge in [0.2, 0.25) is 5.91 Å². The predicted octanol–water partition coefficient (Wildman–Crippen LogP) is 2.41. The third-order valence-corrected chi connectivity index (χ3v) is 6.54.